The summed E-state index contributed by atoms with van der Waals surface area (Å²) in [6.45, 7) is 2.85. The van der Waals surface area contributed by atoms with Crippen molar-refractivity contribution >= 4 is 17.0 Å². The number of methoxy groups -OCH3 is 1. The Labute approximate surface area is 181 Å². The van der Waals surface area contributed by atoms with Crippen molar-refractivity contribution in [2.75, 3.05) is 20.2 Å². The number of aliphatic hydroxyl groups excluding tert-OH is 1. The van der Waals surface area contributed by atoms with E-state index in [2.05, 4.69) is 21.1 Å². The minimum absolute atomic E-state index is 0.236. The molecule has 1 aliphatic heterocycles. The number of nitrogens with zero attached hydrogens (tertiary/aromatic N) is 2. The molecule has 2 aromatic heterocycles. The molecule has 2 aliphatic rings. The van der Waals surface area contributed by atoms with Gasteiger partial charge in [-0.1, -0.05) is 0 Å². The molecule has 1 aliphatic carbocycles. The lowest BCUT2D eigenvalue weighted by Gasteiger charge is -2.35. The fourth-order valence-electron chi connectivity index (χ4n) is 5.08. The smallest absolute Gasteiger partial charge is 0.337 e. The molecule has 2 N–H and O–H groups in total. The summed E-state index contributed by atoms with van der Waals surface area (Å²) in [6.07, 6.45) is 4.74. The maximum Gasteiger partial charge on any atom is 0.337 e. The summed E-state index contributed by atoms with van der Waals surface area (Å²) >= 11 is 0. The predicted octanol–water partition coefficient (Wildman–Crippen LogP) is 3.00. The minimum atomic E-state index is -0.490. The maximum atomic E-state index is 11.6. The van der Waals surface area contributed by atoms with Crippen LogP contribution in [0, 0.1) is 11.8 Å². The first-order chi connectivity index (χ1) is 15.1. The molecule has 31 heavy (non-hydrogen) atoms. The number of aromatic amines is 1. The summed E-state index contributed by atoms with van der Waals surface area (Å²) in [5, 5.41) is 10.7. The number of likely N-dealkylation sites (tertiary alicyclic amines) is 1. The van der Waals surface area contributed by atoms with E-state index < -0.39 is 6.10 Å². The van der Waals surface area contributed by atoms with Crippen molar-refractivity contribution in [2.45, 2.75) is 31.6 Å². The summed E-state index contributed by atoms with van der Waals surface area (Å²) in [5.41, 5.74) is 3.80. The average Bonchev–Trinajstić information content (AvgIpc) is 3.37. The Kier molecular flexibility index (Phi) is 5.38. The standard InChI is InChI=1S/C24H27N3O4/c1-30-24(29)15-4-6-19(7-5-15)31-22-10-17-13-27(12-16(17)9-21(22)28)14-18-11-26-20-3-2-8-25-23(18)20/h2-8,11,16-17,21-22,26,28H,9-10,12-14H2,1H3/t16-,17+,21+,22+/m0/s1. The highest BCUT2D eigenvalue weighted by molar-refractivity contribution is 5.89. The van der Waals surface area contributed by atoms with E-state index in [4.69, 9.17) is 9.47 Å². The number of hydrogen-bond donors (Lipinski definition) is 2. The molecule has 0 bridgehead atoms. The van der Waals surface area contributed by atoms with Gasteiger partial charge >= 0.3 is 5.97 Å². The van der Waals surface area contributed by atoms with Crippen LogP contribution >= 0.6 is 0 Å². The van der Waals surface area contributed by atoms with E-state index in [1.165, 1.54) is 12.7 Å². The highest BCUT2D eigenvalue weighted by atomic mass is 16.5. The van der Waals surface area contributed by atoms with Gasteiger partial charge in [-0.3, -0.25) is 9.88 Å². The fourth-order valence-corrected chi connectivity index (χ4v) is 5.08. The van der Waals surface area contributed by atoms with Gasteiger partial charge < -0.3 is 19.6 Å². The monoisotopic (exact) mass is 421 g/mol. The fraction of sp³-hybridized carbons (Fsp3) is 0.417. The summed E-state index contributed by atoms with van der Waals surface area (Å²) in [7, 11) is 1.36. The highest BCUT2D eigenvalue weighted by Gasteiger charge is 2.42. The molecule has 0 radical (unpaired) electrons. The maximum absolute atomic E-state index is 11.6. The lowest BCUT2D eigenvalue weighted by molar-refractivity contribution is -0.0231. The number of esters is 1. The first-order valence-corrected chi connectivity index (χ1v) is 10.8. The van der Waals surface area contributed by atoms with Gasteiger partial charge in [0.05, 0.1) is 29.8 Å². The molecular formula is C24H27N3O4. The Morgan fingerprint density at radius 3 is 2.74 bits per heavy atom. The number of rotatable bonds is 5. The Bertz CT molecular complexity index is 1060. The SMILES string of the molecule is COC(=O)c1ccc(O[C@@H]2C[C@@H]3CN(Cc4c[nH]c5cccnc45)C[C@@H]3C[C@H]2O)cc1. The van der Waals surface area contributed by atoms with Crippen LogP contribution in [-0.2, 0) is 11.3 Å². The summed E-state index contributed by atoms with van der Waals surface area (Å²) in [6, 6.07) is 10.9. The van der Waals surface area contributed by atoms with Crippen LogP contribution in [0.1, 0.15) is 28.8 Å². The topological polar surface area (TPSA) is 87.7 Å². The molecule has 5 rings (SSSR count). The van der Waals surface area contributed by atoms with Crippen LogP contribution in [0.3, 0.4) is 0 Å². The minimum Gasteiger partial charge on any atom is -0.488 e. The van der Waals surface area contributed by atoms with Gasteiger partial charge in [-0.15, -0.1) is 0 Å². The lowest BCUT2D eigenvalue weighted by atomic mass is 9.78. The Morgan fingerprint density at radius 1 is 1.19 bits per heavy atom. The first-order valence-electron chi connectivity index (χ1n) is 10.8. The van der Waals surface area contributed by atoms with Gasteiger partial charge in [0.15, 0.2) is 0 Å². The molecule has 2 fully saturated rings. The number of carbonyl (C=O) groups excluding carboxylic acids is 1. The number of aliphatic hydroxyl groups is 1. The van der Waals surface area contributed by atoms with Crippen molar-refractivity contribution in [2.24, 2.45) is 11.8 Å². The molecule has 1 saturated carbocycles. The number of hydrogen-bond acceptors (Lipinski definition) is 6. The zero-order chi connectivity index (χ0) is 21.4. The van der Waals surface area contributed by atoms with E-state index >= 15 is 0 Å². The molecule has 0 unspecified atom stereocenters. The lowest BCUT2D eigenvalue weighted by Crippen LogP contribution is -2.42. The van der Waals surface area contributed by atoms with Crippen LogP contribution in [-0.4, -0.2) is 58.4 Å². The number of benzene rings is 1. The summed E-state index contributed by atoms with van der Waals surface area (Å²) < 4.78 is 10.8. The number of fused-ring (bicyclic) bond motifs is 2. The molecule has 3 heterocycles. The van der Waals surface area contributed by atoms with Gasteiger partial charge in [-0.05, 0) is 61.1 Å². The summed E-state index contributed by atoms with van der Waals surface area (Å²) in [4.78, 5) is 21.9. The molecule has 7 heteroatoms. The van der Waals surface area contributed by atoms with E-state index in [0.717, 1.165) is 43.5 Å². The van der Waals surface area contributed by atoms with E-state index in [0.29, 0.717) is 23.1 Å². The van der Waals surface area contributed by atoms with Gasteiger partial charge in [0.2, 0.25) is 0 Å². The molecule has 3 aromatic rings. The van der Waals surface area contributed by atoms with E-state index in [-0.39, 0.29) is 12.1 Å². The zero-order valence-electron chi connectivity index (χ0n) is 17.5. The number of nitrogens with one attached hydrogen (secondary N) is 1. The number of H-pyrrole nitrogens is 1. The molecule has 4 atom stereocenters. The Morgan fingerprint density at radius 2 is 1.97 bits per heavy atom. The second kappa shape index (κ2) is 8.32. The van der Waals surface area contributed by atoms with Gasteiger partial charge in [-0.25, -0.2) is 4.79 Å². The van der Waals surface area contributed by atoms with Crippen molar-refractivity contribution in [3.63, 3.8) is 0 Å². The second-order valence-electron chi connectivity index (χ2n) is 8.64. The van der Waals surface area contributed by atoms with Crippen molar-refractivity contribution in [3.05, 3.63) is 59.9 Å². The molecule has 1 saturated heterocycles. The Balaban J connectivity index is 1.22. The van der Waals surface area contributed by atoms with Crippen molar-refractivity contribution in [1.29, 1.82) is 0 Å². The number of carbonyl (C=O) groups is 1. The van der Waals surface area contributed by atoms with Gasteiger partial charge in [-0.2, -0.15) is 0 Å². The molecular weight excluding hydrogens is 394 g/mol. The molecule has 0 spiro atoms. The van der Waals surface area contributed by atoms with Crippen LogP contribution in [0.25, 0.3) is 11.0 Å². The van der Waals surface area contributed by atoms with Crippen LogP contribution in [0.2, 0.25) is 0 Å². The van der Waals surface area contributed by atoms with Crippen LogP contribution in [0.5, 0.6) is 5.75 Å². The second-order valence-corrected chi connectivity index (χ2v) is 8.64. The number of pyridine rings is 1. The van der Waals surface area contributed by atoms with Crippen molar-refractivity contribution < 1.29 is 19.4 Å². The largest absolute Gasteiger partial charge is 0.488 e. The average molecular weight is 421 g/mol. The molecule has 0 amide bonds. The highest BCUT2D eigenvalue weighted by Crippen LogP contribution is 2.38. The van der Waals surface area contributed by atoms with Crippen LogP contribution in [0.15, 0.2) is 48.8 Å². The van der Waals surface area contributed by atoms with Crippen molar-refractivity contribution in [1.82, 2.24) is 14.9 Å². The summed E-state index contributed by atoms with van der Waals surface area (Å²) in [5.74, 6) is 1.27. The molecule has 1 aromatic carbocycles. The first kappa shape index (κ1) is 20.0. The molecule has 162 valence electrons. The third-order valence-corrected chi connectivity index (χ3v) is 6.63. The Hall–Kier alpha value is -2.90. The van der Waals surface area contributed by atoms with E-state index in [9.17, 15) is 9.90 Å². The molecule has 7 nitrogen and oxygen atoms in total. The van der Waals surface area contributed by atoms with E-state index in [1.807, 2.05) is 18.3 Å². The van der Waals surface area contributed by atoms with Gasteiger partial charge in [0, 0.05) is 37.6 Å². The number of aromatic nitrogens is 2. The van der Waals surface area contributed by atoms with Crippen LogP contribution in [0.4, 0.5) is 0 Å². The van der Waals surface area contributed by atoms with Crippen LogP contribution < -0.4 is 4.74 Å². The van der Waals surface area contributed by atoms with E-state index in [1.54, 1.807) is 24.3 Å². The van der Waals surface area contributed by atoms with Crippen molar-refractivity contribution in [3.8, 4) is 5.75 Å². The zero-order valence-corrected chi connectivity index (χ0v) is 17.5. The quantitative estimate of drug-likeness (QED) is 0.616. The third kappa shape index (κ3) is 4.03. The van der Waals surface area contributed by atoms with Gasteiger partial charge in [0.1, 0.15) is 11.9 Å². The predicted molar refractivity (Wildman–Crippen MR) is 116 cm³/mol. The normalized spacial score (nSPS) is 26.0. The van der Waals surface area contributed by atoms with Gasteiger partial charge in [0.25, 0.3) is 0 Å². The number of ether oxygens (including phenoxy) is 2. The third-order valence-electron chi connectivity index (χ3n) is 6.63.